The molecule has 0 bridgehead atoms. The van der Waals surface area contributed by atoms with Gasteiger partial charge in [-0.15, -0.1) is 0 Å². The minimum absolute atomic E-state index is 0.00983. The Morgan fingerprint density at radius 3 is 2.27 bits per heavy atom. The highest BCUT2D eigenvalue weighted by Crippen LogP contribution is 2.56. The molecule has 0 N–H and O–H groups in total. The third-order valence-corrected chi connectivity index (χ3v) is 9.77. The van der Waals surface area contributed by atoms with Gasteiger partial charge >= 0.3 is 0 Å². The molecule has 0 saturated carbocycles. The van der Waals surface area contributed by atoms with Crippen LogP contribution < -0.4 is 0 Å². The van der Waals surface area contributed by atoms with Crippen molar-refractivity contribution in [2.45, 2.75) is 44.9 Å². The average Bonchev–Trinajstić information content (AvgIpc) is 3.21. The minimum atomic E-state index is -0.142. The summed E-state index contributed by atoms with van der Waals surface area (Å²) in [6, 6.07) is 31.2. The van der Waals surface area contributed by atoms with E-state index in [1.807, 2.05) is 12.3 Å². The van der Waals surface area contributed by atoms with E-state index < -0.39 is 0 Å². The van der Waals surface area contributed by atoms with Crippen LogP contribution in [0.2, 0.25) is 0 Å². The molecule has 1 aromatic heterocycles. The number of rotatable bonds is 1. The SMILES string of the molecule is C=C1C=C2/C(=C\CC(C)(C)c3ccccc31)c1c(cc3ccc4c(-c5ccccn5)ccc5ccc1c3c54)C2(C)C. The molecular formula is C40H33N. The molecule has 1 heteroatoms. The summed E-state index contributed by atoms with van der Waals surface area (Å²) in [5.74, 6) is 0. The fourth-order valence-electron chi connectivity index (χ4n) is 7.56. The van der Waals surface area contributed by atoms with Crippen molar-refractivity contribution in [3.8, 4) is 11.3 Å². The van der Waals surface area contributed by atoms with E-state index in [0.717, 1.165) is 17.7 Å². The molecule has 1 heterocycles. The zero-order valence-electron chi connectivity index (χ0n) is 24.2. The second-order valence-electron chi connectivity index (χ2n) is 13.0. The normalized spacial score (nSPS) is 18.7. The average molecular weight is 528 g/mol. The number of nitrogens with zero attached hydrogens (tertiary/aromatic N) is 1. The van der Waals surface area contributed by atoms with Crippen molar-refractivity contribution in [2.75, 3.05) is 0 Å². The summed E-state index contributed by atoms with van der Waals surface area (Å²) in [4.78, 5) is 4.70. The summed E-state index contributed by atoms with van der Waals surface area (Å²) in [5.41, 5.74) is 11.3. The molecular weight excluding hydrogens is 494 g/mol. The van der Waals surface area contributed by atoms with Gasteiger partial charge in [0.25, 0.3) is 0 Å². The highest BCUT2D eigenvalue weighted by Gasteiger charge is 2.41. The second kappa shape index (κ2) is 8.27. The van der Waals surface area contributed by atoms with E-state index in [0.29, 0.717) is 0 Å². The third-order valence-electron chi connectivity index (χ3n) is 9.77. The monoisotopic (exact) mass is 527 g/mol. The molecule has 1 nitrogen and oxygen atoms in total. The fraction of sp³-hybridized carbons (Fsp3) is 0.175. The molecule has 0 radical (unpaired) electrons. The Kier molecular flexibility index (Phi) is 4.91. The minimum Gasteiger partial charge on any atom is -0.256 e. The van der Waals surface area contributed by atoms with Gasteiger partial charge in [-0.25, -0.2) is 0 Å². The van der Waals surface area contributed by atoms with Crippen molar-refractivity contribution in [3.63, 3.8) is 0 Å². The summed E-state index contributed by atoms with van der Waals surface area (Å²) in [7, 11) is 0. The van der Waals surface area contributed by atoms with Crippen LogP contribution in [-0.2, 0) is 10.8 Å². The van der Waals surface area contributed by atoms with Gasteiger partial charge in [-0.1, -0.05) is 113 Å². The van der Waals surface area contributed by atoms with Crippen LogP contribution in [0.25, 0.3) is 54.7 Å². The van der Waals surface area contributed by atoms with Crippen LogP contribution in [0.3, 0.4) is 0 Å². The van der Waals surface area contributed by atoms with Crippen molar-refractivity contribution >= 4 is 43.5 Å². The maximum atomic E-state index is 4.70. The fourth-order valence-corrected chi connectivity index (χ4v) is 7.56. The van der Waals surface area contributed by atoms with Crippen LogP contribution in [0.4, 0.5) is 0 Å². The first-order valence-electron chi connectivity index (χ1n) is 14.6. The van der Waals surface area contributed by atoms with Crippen molar-refractivity contribution < 1.29 is 0 Å². The topological polar surface area (TPSA) is 12.9 Å². The largest absolute Gasteiger partial charge is 0.256 e. The molecule has 2 aliphatic rings. The molecule has 0 saturated heterocycles. The number of aromatic nitrogens is 1. The van der Waals surface area contributed by atoms with Crippen molar-refractivity contribution in [1.29, 1.82) is 0 Å². The maximum absolute atomic E-state index is 4.70. The van der Waals surface area contributed by atoms with Gasteiger partial charge in [-0.05, 0) is 101 Å². The van der Waals surface area contributed by atoms with Crippen LogP contribution in [-0.4, -0.2) is 4.98 Å². The molecule has 41 heavy (non-hydrogen) atoms. The Morgan fingerprint density at radius 1 is 0.707 bits per heavy atom. The number of hydrogen-bond acceptors (Lipinski definition) is 1. The van der Waals surface area contributed by atoms with E-state index in [1.165, 1.54) is 71.3 Å². The van der Waals surface area contributed by atoms with Crippen LogP contribution in [0.5, 0.6) is 0 Å². The lowest BCUT2D eigenvalue weighted by atomic mass is 9.77. The Bertz CT molecular complexity index is 2120. The van der Waals surface area contributed by atoms with Crippen molar-refractivity contribution in [2.24, 2.45) is 0 Å². The number of hydrogen-bond donors (Lipinski definition) is 0. The standard InChI is InChI=1S/C40H33N/c1-24-22-33-30(19-20-39(2,3)32-11-7-6-10-27(24)32)38-31-18-14-25-13-16-28(35-12-8-9-21-41-35)29-17-15-26(37(31)36(25)29)23-34(38)40(33,4)5/h6-19,21-23H,1,20H2,2-5H3/b30-19+,33-22?. The van der Waals surface area contributed by atoms with Gasteiger partial charge in [0, 0.05) is 17.2 Å². The first kappa shape index (κ1) is 24.3. The second-order valence-corrected chi connectivity index (χ2v) is 13.0. The Labute approximate surface area is 241 Å². The molecule has 0 amide bonds. The molecule has 0 atom stereocenters. The van der Waals surface area contributed by atoms with E-state index in [1.54, 1.807) is 0 Å². The lowest BCUT2D eigenvalue weighted by molar-refractivity contribution is 0.533. The first-order chi connectivity index (χ1) is 19.8. The quantitative estimate of drug-likeness (QED) is 0.194. The molecule has 2 aliphatic carbocycles. The molecule has 8 rings (SSSR count). The Morgan fingerprint density at radius 2 is 1.44 bits per heavy atom. The summed E-state index contributed by atoms with van der Waals surface area (Å²) in [6.45, 7) is 14.1. The zero-order valence-corrected chi connectivity index (χ0v) is 24.2. The summed E-state index contributed by atoms with van der Waals surface area (Å²) >= 11 is 0. The van der Waals surface area contributed by atoms with Gasteiger partial charge in [0.1, 0.15) is 0 Å². The van der Waals surface area contributed by atoms with Crippen LogP contribution in [0.15, 0.2) is 115 Å². The molecule has 0 spiro atoms. The van der Waals surface area contributed by atoms with Crippen molar-refractivity contribution in [3.05, 3.63) is 138 Å². The molecule has 6 aromatic rings. The van der Waals surface area contributed by atoms with E-state index in [2.05, 4.69) is 125 Å². The number of pyridine rings is 1. The number of benzene rings is 5. The lowest BCUT2D eigenvalue weighted by Gasteiger charge is -2.27. The van der Waals surface area contributed by atoms with Crippen LogP contribution in [0, 0.1) is 0 Å². The van der Waals surface area contributed by atoms with Gasteiger partial charge in [0.2, 0.25) is 0 Å². The van der Waals surface area contributed by atoms with E-state index in [4.69, 9.17) is 4.98 Å². The van der Waals surface area contributed by atoms with Crippen LogP contribution >= 0.6 is 0 Å². The highest BCUT2D eigenvalue weighted by atomic mass is 14.7. The molecule has 0 unspecified atom stereocenters. The summed E-state index contributed by atoms with van der Waals surface area (Å²) in [5, 5.41) is 7.88. The molecule has 198 valence electrons. The lowest BCUT2D eigenvalue weighted by Crippen LogP contribution is -2.18. The molecule has 0 aliphatic heterocycles. The molecule has 0 fully saturated rings. The van der Waals surface area contributed by atoms with Gasteiger partial charge in [-0.3, -0.25) is 4.98 Å². The Balaban J connectivity index is 1.46. The smallest absolute Gasteiger partial charge is 0.0708 e. The highest BCUT2D eigenvalue weighted by molar-refractivity contribution is 6.28. The summed E-state index contributed by atoms with van der Waals surface area (Å²) in [6.07, 6.45) is 7.74. The van der Waals surface area contributed by atoms with Gasteiger partial charge in [0.05, 0.1) is 5.69 Å². The van der Waals surface area contributed by atoms with E-state index in [-0.39, 0.29) is 10.8 Å². The molecule has 5 aromatic carbocycles. The first-order valence-corrected chi connectivity index (χ1v) is 14.6. The predicted octanol–water partition coefficient (Wildman–Crippen LogP) is 10.6. The van der Waals surface area contributed by atoms with E-state index in [9.17, 15) is 0 Å². The Hall–Kier alpha value is -4.49. The number of fused-ring (bicyclic) bond motifs is 5. The van der Waals surface area contributed by atoms with Gasteiger partial charge in [0.15, 0.2) is 0 Å². The van der Waals surface area contributed by atoms with Gasteiger partial charge in [-0.2, -0.15) is 0 Å². The zero-order chi connectivity index (χ0) is 28.1. The van der Waals surface area contributed by atoms with Crippen molar-refractivity contribution in [1.82, 2.24) is 4.98 Å². The third kappa shape index (κ3) is 3.33. The maximum Gasteiger partial charge on any atom is 0.0708 e. The number of allylic oxidation sites excluding steroid dienone is 5. The van der Waals surface area contributed by atoms with Crippen LogP contribution in [0.1, 0.15) is 56.4 Å². The van der Waals surface area contributed by atoms with E-state index >= 15 is 0 Å². The predicted molar refractivity (Wildman–Crippen MR) is 176 cm³/mol. The summed E-state index contributed by atoms with van der Waals surface area (Å²) < 4.78 is 0. The van der Waals surface area contributed by atoms with Gasteiger partial charge < -0.3 is 0 Å².